The number of nitrogens with zero attached hydrogens (tertiary/aromatic N) is 1. The van der Waals surface area contributed by atoms with Gasteiger partial charge in [0.15, 0.2) is 5.82 Å². The first kappa shape index (κ1) is 10.8. The molecule has 0 bridgehead atoms. The summed E-state index contributed by atoms with van der Waals surface area (Å²) in [6, 6.07) is 14.1. The summed E-state index contributed by atoms with van der Waals surface area (Å²) in [5, 5.41) is 1.90. The number of benzene rings is 2. The topological polar surface area (TPSA) is 12.9 Å². The third-order valence-corrected chi connectivity index (χ3v) is 2.85. The van der Waals surface area contributed by atoms with Crippen molar-refractivity contribution in [3.05, 3.63) is 66.4 Å². The van der Waals surface area contributed by atoms with Gasteiger partial charge in [0.05, 0.1) is 6.20 Å². The second-order valence-corrected chi connectivity index (χ2v) is 4.01. The van der Waals surface area contributed by atoms with Crippen molar-refractivity contribution in [1.29, 1.82) is 0 Å². The van der Waals surface area contributed by atoms with Crippen LogP contribution in [0.2, 0.25) is 0 Å². The molecule has 0 saturated heterocycles. The van der Waals surface area contributed by atoms with E-state index in [2.05, 4.69) is 4.98 Å². The summed E-state index contributed by atoms with van der Waals surface area (Å²) in [6.07, 6.45) is 1.03. The second kappa shape index (κ2) is 4.18. The Hall–Kier alpha value is -2.29. The van der Waals surface area contributed by atoms with Crippen LogP contribution < -0.4 is 0 Å². The number of pyridine rings is 1. The normalized spacial score (nSPS) is 10.8. The van der Waals surface area contributed by atoms with Gasteiger partial charge in [0.1, 0.15) is 11.5 Å². The van der Waals surface area contributed by atoms with E-state index in [1.54, 1.807) is 6.07 Å². The minimum absolute atomic E-state index is 0.174. The molecule has 0 amide bonds. The summed E-state index contributed by atoms with van der Waals surface area (Å²) in [6.45, 7) is 0. The molecule has 18 heavy (non-hydrogen) atoms. The molecule has 3 rings (SSSR count). The van der Waals surface area contributed by atoms with Crippen LogP contribution in [0.25, 0.3) is 22.0 Å². The molecule has 0 aliphatic carbocycles. The SMILES string of the molecule is Fc1cnc(-c2cccc3ccccc23)c(F)c1. The smallest absolute Gasteiger partial charge is 0.152 e. The molecule has 88 valence electrons. The molecule has 0 radical (unpaired) electrons. The predicted octanol–water partition coefficient (Wildman–Crippen LogP) is 4.18. The van der Waals surface area contributed by atoms with Crippen molar-refractivity contribution in [2.24, 2.45) is 0 Å². The van der Waals surface area contributed by atoms with Crippen LogP contribution in [0.15, 0.2) is 54.7 Å². The highest BCUT2D eigenvalue weighted by atomic mass is 19.1. The van der Waals surface area contributed by atoms with E-state index in [1.807, 2.05) is 36.4 Å². The fraction of sp³-hybridized carbons (Fsp3) is 0. The average Bonchev–Trinajstić information content (AvgIpc) is 2.38. The summed E-state index contributed by atoms with van der Waals surface area (Å²) in [5.41, 5.74) is 0.846. The van der Waals surface area contributed by atoms with Gasteiger partial charge >= 0.3 is 0 Å². The molecule has 0 atom stereocenters. The quantitative estimate of drug-likeness (QED) is 0.622. The molecule has 1 nitrogen and oxygen atoms in total. The minimum Gasteiger partial charge on any atom is -0.250 e. The number of aromatic nitrogens is 1. The Morgan fingerprint density at radius 1 is 0.889 bits per heavy atom. The maximum absolute atomic E-state index is 13.8. The van der Waals surface area contributed by atoms with E-state index < -0.39 is 11.6 Å². The Labute approximate surface area is 103 Å². The van der Waals surface area contributed by atoms with Gasteiger partial charge in [0.25, 0.3) is 0 Å². The Balaban J connectivity index is 2.31. The Bertz CT molecular complexity index is 717. The van der Waals surface area contributed by atoms with Crippen LogP contribution in [0.1, 0.15) is 0 Å². The first-order chi connectivity index (χ1) is 8.75. The molecule has 3 aromatic rings. The van der Waals surface area contributed by atoms with E-state index >= 15 is 0 Å². The zero-order valence-electron chi connectivity index (χ0n) is 9.40. The van der Waals surface area contributed by atoms with Gasteiger partial charge in [-0.15, -0.1) is 0 Å². The molecular formula is C15H9F2N. The second-order valence-electron chi connectivity index (χ2n) is 4.01. The number of hydrogen-bond acceptors (Lipinski definition) is 1. The van der Waals surface area contributed by atoms with E-state index in [0.29, 0.717) is 5.56 Å². The largest absolute Gasteiger partial charge is 0.250 e. The molecule has 1 heterocycles. The van der Waals surface area contributed by atoms with Crippen molar-refractivity contribution in [2.45, 2.75) is 0 Å². The monoisotopic (exact) mass is 241 g/mol. The van der Waals surface area contributed by atoms with Crippen molar-refractivity contribution >= 4 is 10.8 Å². The van der Waals surface area contributed by atoms with E-state index in [4.69, 9.17) is 0 Å². The lowest BCUT2D eigenvalue weighted by molar-refractivity contribution is 0.576. The maximum Gasteiger partial charge on any atom is 0.152 e. The highest BCUT2D eigenvalue weighted by Crippen LogP contribution is 2.28. The fourth-order valence-corrected chi connectivity index (χ4v) is 2.04. The lowest BCUT2D eigenvalue weighted by Crippen LogP contribution is -1.91. The molecule has 0 aliphatic rings. The zero-order valence-corrected chi connectivity index (χ0v) is 9.40. The van der Waals surface area contributed by atoms with Crippen LogP contribution in [0, 0.1) is 11.6 Å². The van der Waals surface area contributed by atoms with Crippen LogP contribution in [-0.2, 0) is 0 Å². The molecule has 0 saturated carbocycles. The number of halogens is 2. The van der Waals surface area contributed by atoms with Crippen molar-refractivity contribution in [2.75, 3.05) is 0 Å². The highest BCUT2D eigenvalue weighted by Gasteiger charge is 2.10. The molecule has 0 fully saturated rings. The fourth-order valence-electron chi connectivity index (χ4n) is 2.04. The van der Waals surface area contributed by atoms with Gasteiger partial charge in [-0.25, -0.2) is 8.78 Å². The minimum atomic E-state index is -0.670. The summed E-state index contributed by atoms with van der Waals surface area (Å²) in [4.78, 5) is 3.85. The highest BCUT2D eigenvalue weighted by molar-refractivity contribution is 5.95. The predicted molar refractivity (Wildman–Crippen MR) is 67.1 cm³/mol. The van der Waals surface area contributed by atoms with E-state index in [0.717, 1.165) is 23.0 Å². The van der Waals surface area contributed by atoms with Crippen molar-refractivity contribution in [3.63, 3.8) is 0 Å². The Morgan fingerprint density at radius 2 is 1.67 bits per heavy atom. The van der Waals surface area contributed by atoms with Crippen molar-refractivity contribution in [3.8, 4) is 11.3 Å². The van der Waals surface area contributed by atoms with Gasteiger partial charge in [0.2, 0.25) is 0 Å². The van der Waals surface area contributed by atoms with Gasteiger partial charge in [-0.2, -0.15) is 0 Å². The first-order valence-electron chi connectivity index (χ1n) is 5.55. The lowest BCUT2D eigenvalue weighted by Gasteiger charge is -2.06. The molecule has 3 heteroatoms. The van der Waals surface area contributed by atoms with Gasteiger partial charge in [-0.1, -0.05) is 42.5 Å². The molecule has 2 aromatic carbocycles. The summed E-state index contributed by atoms with van der Waals surface area (Å²) >= 11 is 0. The van der Waals surface area contributed by atoms with Crippen LogP contribution >= 0.6 is 0 Å². The van der Waals surface area contributed by atoms with E-state index in [9.17, 15) is 8.78 Å². The van der Waals surface area contributed by atoms with Gasteiger partial charge in [-0.3, -0.25) is 4.98 Å². The summed E-state index contributed by atoms with van der Waals surface area (Å²) in [7, 11) is 0. The molecule has 0 unspecified atom stereocenters. The third-order valence-electron chi connectivity index (χ3n) is 2.85. The van der Waals surface area contributed by atoms with Crippen LogP contribution in [0.3, 0.4) is 0 Å². The number of hydrogen-bond donors (Lipinski definition) is 0. The van der Waals surface area contributed by atoms with Crippen LogP contribution in [0.4, 0.5) is 8.78 Å². The molecule has 1 aromatic heterocycles. The van der Waals surface area contributed by atoms with Gasteiger partial charge in [0, 0.05) is 11.6 Å². The number of fused-ring (bicyclic) bond motifs is 1. The van der Waals surface area contributed by atoms with Crippen LogP contribution in [0.5, 0.6) is 0 Å². The molecule has 0 N–H and O–H groups in total. The van der Waals surface area contributed by atoms with E-state index in [-0.39, 0.29) is 5.69 Å². The van der Waals surface area contributed by atoms with Crippen molar-refractivity contribution < 1.29 is 8.78 Å². The van der Waals surface area contributed by atoms with Gasteiger partial charge < -0.3 is 0 Å². The summed E-state index contributed by atoms with van der Waals surface area (Å²) in [5.74, 6) is -1.32. The third kappa shape index (κ3) is 1.74. The van der Waals surface area contributed by atoms with E-state index in [1.165, 1.54) is 0 Å². The average molecular weight is 241 g/mol. The lowest BCUT2D eigenvalue weighted by atomic mass is 10.0. The summed E-state index contributed by atoms with van der Waals surface area (Å²) < 4.78 is 26.6. The Kier molecular flexibility index (Phi) is 2.52. The molecule has 0 aliphatic heterocycles. The number of rotatable bonds is 1. The first-order valence-corrected chi connectivity index (χ1v) is 5.55. The zero-order chi connectivity index (χ0) is 12.5. The maximum atomic E-state index is 13.8. The van der Waals surface area contributed by atoms with Crippen LogP contribution in [-0.4, -0.2) is 4.98 Å². The van der Waals surface area contributed by atoms with Gasteiger partial charge in [-0.05, 0) is 10.8 Å². The molecule has 0 spiro atoms. The standard InChI is InChI=1S/C15H9F2N/c16-11-8-14(17)15(18-9-11)13-7-3-5-10-4-1-2-6-12(10)13/h1-9H. The Morgan fingerprint density at radius 3 is 2.50 bits per heavy atom. The molecular weight excluding hydrogens is 232 g/mol. The van der Waals surface area contributed by atoms with Crippen molar-refractivity contribution in [1.82, 2.24) is 4.98 Å².